The smallest absolute Gasteiger partial charge is 0.292 e. The molecule has 0 aromatic heterocycles. The summed E-state index contributed by atoms with van der Waals surface area (Å²) in [6, 6.07) is 16.6. The van der Waals surface area contributed by atoms with E-state index in [-0.39, 0.29) is 42.3 Å². The van der Waals surface area contributed by atoms with E-state index in [2.05, 4.69) is 17.4 Å². The molecule has 8 heteroatoms. The van der Waals surface area contributed by atoms with Crippen LogP contribution >= 0.6 is 12.4 Å². The number of para-hydroxylation sites is 2. The molecule has 2 aromatic rings. The Balaban J connectivity index is 0.00000280. The summed E-state index contributed by atoms with van der Waals surface area (Å²) in [6.07, 6.45) is 0.283. The first kappa shape index (κ1) is 21.7. The summed E-state index contributed by atoms with van der Waals surface area (Å²) in [6.45, 7) is 2.21. The summed E-state index contributed by atoms with van der Waals surface area (Å²) in [5, 5.41) is 14.0. The van der Waals surface area contributed by atoms with E-state index in [9.17, 15) is 14.9 Å². The van der Waals surface area contributed by atoms with Gasteiger partial charge in [0, 0.05) is 38.0 Å². The standard InChI is InChI=1S/C20H24N4O3.ClH/c21-12-16-13-23(14-17(16)15-6-2-1-3-7-15)20(25)10-11-22-18-8-4-5-9-19(18)24(26)27;/h1-9,16-17,22H,10-14,21H2;1H/t16-,17+;/m1./s1. The number of amides is 1. The number of nitro benzene ring substituents is 1. The molecule has 2 aromatic carbocycles. The molecule has 1 saturated heterocycles. The molecule has 0 spiro atoms. The average molecular weight is 405 g/mol. The first-order valence-electron chi connectivity index (χ1n) is 9.10. The lowest BCUT2D eigenvalue weighted by Crippen LogP contribution is -2.31. The third kappa shape index (κ3) is 4.99. The van der Waals surface area contributed by atoms with Crippen LogP contribution in [0.5, 0.6) is 0 Å². The maximum absolute atomic E-state index is 12.6. The second-order valence-electron chi connectivity index (χ2n) is 6.76. The zero-order valence-corrected chi connectivity index (χ0v) is 16.3. The lowest BCUT2D eigenvalue weighted by molar-refractivity contribution is -0.384. The van der Waals surface area contributed by atoms with Crippen LogP contribution in [0.4, 0.5) is 11.4 Å². The maximum atomic E-state index is 12.6. The van der Waals surface area contributed by atoms with E-state index >= 15 is 0 Å². The molecule has 0 bridgehead atoms. The van der Waals surface area contributed by atoms with Crippen molar-refractivity contribution in [2.24, 2.45) is 11.7 Å². The number of halogens is 1. The molecule has 0 aliphatic carbocycles. The van der Waals surface area contributed by atoms with Crippen molar-refractivity contribution in [3.63, 3.8) is 0 Å². The molecule has 0 radical (unpaired) electrons. The van der Waals surface area contributed by atoms with Crippen LogP contribution in [0.15, 0.2) is 54.6 Å². The molecule has 3 N–H and O–H groups in total. The van der Waals surface area contributed by atoms with E-state index in [0.29, 0.717) is 31.9 Å². The minimum absolute atomic E-state index is 0. The van der Waals surface area contributed by atoms with Crippen molar-refractivity contribution in [1.29, 1.82) is 0 Å². The van der Waals surface area contributed by atoms with Gasteiger partial charge in [-0.25, -0.2) is 0 Å². The molecule has 1 amide bonds. The number of carbonyl (C=O) groups excluding carboxylic acids is 1. The Kier molecular flexibility index (Phi) is 7.78. The molecular weight excluding hydrogens is 380 g/mol. The van der Waals surface area contributed by atoms with E-state index in [4.69, 9.17) is 5.73 Å². The first-order valence-corrected chi connectivity index (χ1v) is 9.10. The monoisotopic (exact) mass is 404 g/mol. The van der Waals surface area contributed by atoms with Gasteiger partial charge in [-0.3, -0.25) is 14.9 Å². The fourth-order valence-electron chi connectivity index (χ4n) is 3.64. The van der Waals surface area contributed by atoms with Crippen molar-refractivity contribution in [1.82, 2.24) is 4.90 Å². The lowest BCUT2D eigenvalue weighted by Gasteiger charge is -2.17. The first-order chi connectivity index (χ1) is 13.1. The zero-order valence-electron chi connectivity index (χ0n) is 15.5. The van der Waals surface area contributed by atoms with Crippen LogP contribution in [0.1, 0.15) is 17.9 Å². The molecule has 2 atom stereocenters. The highest BCUT2D eigenvalue weighted by atomic mass is 35.5. The average Bonchev–Trinajstić information content (AvgIpc) is 3.13. The molecule has 0 saturated carbocycles. The molecule has 1 fully saturated rings. The summed E-state index contributed by atoms with van der Waals surface area (Å²) in [7, 11) is 0. The Bertz CT molecular complexity index is 803. The number of anilines is 1. The van der Waals surface area contributed by atoms with E-state index in [1.54, 1.807) is 18.2 Å². The van der Waals surface area contributed by atoms with Crippen molar-refractivity contribution in [3.8, 4) is 0 Å². The van der Waals surface area contributed by atoms with Crippen molar-refractivity contribution in [2.45, 2.75) is 12.3 Å². The van der Waals surface area contributed by atoms with Crippen molar-refractivity contribution >= 4 is 29.7 Å². The predicted molar refractivity (Wildman–Crippen MR) is 112 cm³/mol. The number of nitrogens with zero attached hydrogens (tertiary/aromatic N) is 2. The van der Waals surface area contributed by atoms with Gasteiger partial charge >= 0.3 is 0 Å². The minimum atomic E-state index is -0.430. The highest BCUT2D eigenvalue weighted by Crippen LogP contribution is 2.32. The van der Waals surface area contributed by atoms with Gasteiger partial charge in [-0.1, -0.05) is 42.5 Å². The van der Waals surface area contributed by atoms with E-state index in [1.807, 2.05) is 23.1 Å². The number of benzene rings is 2. The summed E-state index contributed by atoms with van der Waals surface area (Å²) in [5.41, 5.74) is 7.58. The summed E-state index contributed by atoms with van der Waals surface area (Å²) >= 11 is 0. The number of nitrogens with two attached hydrogens (primary N) is 1. The molecule has 7 nitrogen and oxygen atoms in total. The molecule has 28 heavy (non-hydrogen) atoms. The number of hydrogen-bond donors (Lipinski definition) is 2. The SMILES string of the molecule is Cl.NC[C@@H]1CN(C(=O)CCNc2ccccc2[N+](=O)[O-])C[C@H]1c1ccccc1. The fourth-order valence-corrected chi connectivity index (χ4v) is 3.64. The third-order valence-electron chi connectivity index (χ3n) is 5.08. The molecule has 150 valence electrons. The molecular formula is C20H25ClN4O3. The summed E-state index contributed by atoms with van der Waals surface area (Å²) < 4.78 is 0. The highest BCUT2D eigenvalue weighted by Gasteiger charge is 2.34. The molecule has 3 rings (SSSR count). The van der Waals surface area contributed by atoms with Crippen LogP contribution in [-0.2, 0) is 4.79 Å². The van der Waals surface area contributed by atoms with Crippen LogP contribution in [0, 0.1) is 16.0 Å². The Morgan fingerprint density at radius 1 is 1.14 bits per heavy atom. The number of likely N-dealkylation sites (tertiary alicyclic amines) is 1. The van der Waals surface area contributed by atoms with Gasteiger partial charge in [-0.2, -0.15) is 0 Å². The normalized spacial score (nSPS) is 18.4. The Morgan fingerprint density at radius 2 is 1.82 bits per heavy atom. The van der Waals surface area contributed by atoms with Crippen LogP contribution in [0.3, 0.4) is 0 Å². The Morgan fingerprint density at radius 3 is 2.50 bits per heavy atom. The van der Waals surface area contributed by atoms with Gasteiger partial charge in [-0.15, -0.1) is 12.4 Å². The third-order valence-corrected chi connectivity index (χ3v) is 5.08. The highest BCUT2D eigenvalue weighted by molar-refractivity contribution is 5.85. The van der Waals surface area contributed by atoms with Crippen molar-refractivity contribution in [3.05, 3.63) is 70.3 Å². The number of nitro groups is 1. The minimum Gasteiger partial charge on any atom is -0.379 e. The molecule has 1 aliphatic heterocycles. The summed E-state index contributed by atoms with van der Waals surface area (Å²) in [4.78, 5) is 25.1. The second kappa shape index (κ2) is 10.1. The van der Waals surface area contributed by atoms with Gasteiger partial charge in [0.25, 0.3) is 5.69 Å². The number of carbonyl (C=O) groups is 1. The van der Waals surface area contributed by atoms with Crippen LogP contribution in [0.2, 0.25) is 0 Å². The largest absolute Gasteiger partial charge is 0.379 e. The molecule has 1 aliphatic rings. The summed E-state index contributed by atoms with van der Waals surface area (Å²) in [5.74, 6) is 0.542. The van der Waals surface area contributed by atoms with Crippen molar-refractivity contribution in [2.75, 3.05) is 31.5 Å². The van der Waals surface area contributed by atoms with Gasteiger partial charge in [0.1, 0.15) is 5.69 Å². The topological polar surface area (TPSA) is 102 Å². The lowest BCUT2D eigenvalue weighted by atomic mass is 9.89. The van der Waals surface area contributed by atoms with Crippen LogP contribution < -0.4 is 11.1 Å². The van der Waals surface area contributed by atoms with E-state index in [0.717, 1.165) is 0 Å². The van der Waals surface area contributed by atoms with Gasteiger partial charge in [-0.05, 0) is 24.1 Å². The molecule has 0 unspecified atom stereocenters. The predicted octanol–water partition coefficient (Wildman–Crippen LogP) is 3.02. The Hall–Kier alpha value is -2.64. The fraction of sp³-hybridized carbons (Fsp3) is 0.350. The number of rotatable bonds is 7. The second-order valence-corrected chi connectivity index (χ2v) is 6.76. The quantitative estimate of drug-likeness (QED) is 0.545. The van der Waals surface area contributed by atoms with Crippen LogP contribution in [0.25, 0.3) is 0 Å². The molecule has 1 heterocycles. The maximum Gasteiger partial charge on any atom is 0.292 e. The van der Waals surface area contributed by atoms with E-state index < -0.39 is 4.92 Å². The van der Waals surface area contributed by atoms with Gasteiger partial charge < -0.3 is 16.0 Å². The van der Waals surface area contributed by atoms with Crippen LogP contribution in [-0.4, -0.2) is 41.9 Å². The van der Waals surface area contributed by atoms with Gasteiger partial charge in [0.2, 0.25) is 5.91 Å². The van der Waals surface area contributed by atoms with E-state index in [1.165, 1.54) is 11.6 Å². The zero-order chi connectivity index (χ0) is 19.2. The van der Waals surface area contributed by atoms with Gasteiger partial charge in [0.05, 0.1) is 4.92 Å². The van der Waals surface area contributed by atoms with Gasteiger partial charge in [0.15, 0.2) is 0 Å². The number of hydrogen-bond acceptors (Lipinski definition) is 5. The number of nitrogens with one attached hydrogen (secondary N) is 1. The van der Waals surface area contributed by atoms with Crippen molar-refractivity contribution < 1.29 is 9.72 Å². The Labute approximate surface area is 170 Å².